The van der Waals surface area contributed by atoms with Gasteiger partial charge < -0.3 is 10.1 Å². The van der Waals surface area contributed by atoms with Crippen LogP contribution in [0.1, 0.15) is 18.4 Å². The molecule has 1 fully saturated rings. The predicted molar refractivity (Wildman–Crippen MR) is 101 cm³/mol. The average molecular weight is 377 g/mol. The second-order valence-corrected chi connectivity index (χ2v) is 6.93. The molecule has 26 heavy (non-hydrogen) atoms. The minimum absolute atomic E-state index is 0.0101. The number of hydrogen-bond donors (Lipinski definition) is 1. The lowest BCUT2D eigenvalue weighted by Gasteiger charge is -2.31. The topological polar surface area (TPSA) is 41.6 Å². The highest BCUT2D eigenvalue weighted by molar-refractivity contribution is 6.31. The molecule has 0 aromatic heterocycles. The Morgan fingerprint density at radius 3 is 2.73 bits per heavy atom. The fourth-order valence-electron chi connectivity index (χ4n) is 3.20. The van der Waals surface area contributed by atoms with Crippen LogP contribution in [0.5, 0.6) is 5.75 Å². The molecular weight excluding hydrogens is 355 g/mol. The molecular formula is C20H22ClFN2O2. The summed E-state index contributed by atoms with van der Waals surface area (Å²) in [6.45, 7) is 2.57. The number of methoxy groups -OCH3 is 1. The SMILES string of the molecule is COc1cccc(CN2CCC(C(=O)Nc3ccc(F)c(Cl)c3)CC2)c1. The van der Waals surface area contributed by atoms with Crippen LogP contribution in [0.4, 0.5) is 10.1 Å². The molecule has 1 saturated heterocycles. The Bertz CT molecular complexity index is 776. The molecule has 6 heteroatoms. The normalized spacial score (nSPS) is 15.7. The van der Waals surface area contributed by atoms with Crippen molar-refractivity contribution in [2.24, 2.45) is 5.92 Å². The van der Waals surface area contributed by atoms with E-state index < -0.39 is 5.82 Å². The summed E-state index contributed by atoms with van der Waals surface area (Å²) in [5.41, 5.74) is 1.73. The third-order valence-electron chi connectivity index (χ3n) is 4.69. The van der Waals surface area contributed by atoms with Crippen LogP contribution in [0.15, 0.2) is 42.5 Å². The maximum absolute atomic E-state index is 13.2. The molecule has 0 saturated carbocycles. The highest BCUT2D eigenvalue weighted by atomic mass is 35.5. The van der Waals surface area contributed by atoms with Gasteiger partial charge in [0.1, 0.15) is 11.6 Å². The van der Waals surface area contributed by atoms with Crippen molar-refractivity contribution in [2.75, 3.05) is 25.5 Å². The van der Waals surface area contributed by atoms with E-state index in [1.807, 2.05) is 18.2 Å². The fourth-order valence-corrected chi connectivity index (χ4v) is 3.38. The van der Waals surface area contributed by atoms with Gasteiger partial charge in [0.2, 0.25) is 5.91 Å². The standard InChI is InChI=1S/C20H22ClFN2O2/c1-26-17-4-2-3-14(11-17)13-24-9-7-15(8-10-24)20(25)23-16-5-6-19(22)18(21)12-16/h2-6,11-12,15H,7-10,13H2,1H3,(H,23,25). The molecule has 1 aliphatic rings. The second kappa shape index (κ2) is 8.52. The molecule has 0 atom stereocenters. The smallest absolute Gasteiger partial charge is 0.227 e. The fraction of sp³-hybridized carbons (Fsp3) is 0.350. The van der Waals surface area contributed by atoms with Crippen molar-refractivity contribution in [1.29, 1.82) is 0 Å². The number of carbonyl (C=O) groups is 1. The minimum atomic E-state index is -0.490. The molecule has 2 aromatic carbocycles. The van der Waals surface area contributed by atoms with Gasteiger partial charge in [-0.3, -0.25) is 9.69 Å². The largest absolute Gasteiger partial charge is 0.497 e. The Morgan fingerprint density at radius 1 is 1.27 bits per heavy atom. The van der Waals surface area contributed by atoms with Gasteiger partial charge in [0.15, 0.2) is 0 Å². The van der Waals surface area contributed by atoms with Gasteiger partial charge in [0.05, 0.1) is 12.1 Å². The summed E-state index contributed by atoms with van der Waals surface area (Å²) in [6, 6.07) is 12.3. The van der Waals surface area contributed by atoms with E-state index in [0.717, 1.165) is 38.2 Å². The summed E-state index contributed by atoms with van der Waals surface area (Å²) in [4.78, 5) is 14.8. The first-order chi connectivity index (χ1) is 12.5. The Morgan fingerprint density at radius 2 is 2.04 bits per heavy atom. The van der Waals surface area contributed by atoms with E-state index in [4.69, 9.17) is 16.3 Å². The van der Waals surface area contributed by atoms with Crippen LogP contribution in [0.25, 0.3) is 0 Å². The van der Waals surface area contributed by atoms with E-state index in [-0.39, 0.29) is 16.8 Å². The van der Waals surface area contributed by atoms with Gasteiger partial charge in [-0.25, -0.2) is 4.39 Å². The first-order valence-electron chi connectivity index (χ1n) is 8.66. The van der Waals surface area contributed by atoms with Crippen molar-refractivity contribution < 1.29 is 13.9 Å². The first kappa shape index (κ1) is 18.7. The highest BCUT2D eigenvalue weighted by Crippen LogP contribution is 2.24. The number of rotatable bonds is 5. The van der Waals surface area contributed by atoms with E-state index in [9.17, 15) is 9.18 Å². The molecule has 0 unspecified atom stereocenters. The van der Waals surface area contributed by atoms with E-state index in [2.05, 4.69) is 16.3 Å². The van der Waals surface area contributed by atoms with Gasteiger partial charge in [-0.15, -0.1) is 0 Å². The van der Waals surface area contributed by atoms with Gasteiger partial charge in [-0.1, -0.05) is 23.7 Å². The maximum atomic E-state index is 13.2. The zero-order valence-corrected chi connectivity index (χ0v) is 15.4. The molecule has 4 nitrogen and oxygen atoms in total. The Hall–Kier alpha value is -2.11. The van der Waals surface area contributed by atoms with Crippen LogP contribution < -0.4 is 10.1 Å². The van der Waals surface area contributed by atoms with Crippen LogP contribution in [-0.4, -0.2) is 31.0 Å². The first-order valence-corrected chi connectivity index (χ1v) is 9.04. The molecule has 138 valence electrons. The van der Waals surface area contributed by atoms with E-state index in [1.165, 1.54) is 23.8 Å². The number of nitrogens with zero attached hydrogens (tertiary/aromatic N) is 1. The molecule has 1 amide bonds. The van der Waals surface area contributed by atoms with Crippen LogP contribution in [0.2, 0.25) is 5.02 Å². The number of likely N-dealkylation sites (tertiary alicyclic amines) is 1. The van der Waals surface area contributed by atoms with Gasteiger partial charge in [-0.05, 0) is 61.8 Å². The second-order valence-electron chi connectivity index (χ2n) is 6.52. The van der Waals surface area contributed by atoms with Crippen molar-refractivity contribution in [3.8, 4) is 5.75 Å². The number of halogens is 2. The molecule has 0 bridgehead atoms. The number of benzene rings is 2. The molecule has 0 radical (unpaired) electrons. The number of amides is 1. The number of carbonyl (C=O) groups excluding carboxylic acids is 1. The quantitative estimate of drug-likeness (QED) is 0.844. The summed E-state index contributed by atoms with van der Waals surface area (Å²) in [7, 11) is 1.66. The number of hydrogen-bond acceptors (Lipinski definition) is 3. The van der Waals surface area contributed by atoms with Crippen LogP contribution >= 0.6 is 11.6 Å². The third-order valence-corrected chi connectivity index (χ3v) is 4.98. The average Bonchev–Trinajstić information content (AvgIpc) is 2.65. The summed E-state index contributed by atoms with van der Waals surface area (Å²) in [5.74, 6) is 0.291. The van der Waals surface area contributed by atoms with Crippen molar-refractivity contribution in [2.45, 2.75) is 19.4 Å². The number of nitrogens with one attached hydrogen (secondary N) is 1. The number of ether oxygens (including phenoxy) is 1. The van der Waals surface area contributed by atoms with Crippen molar-refractivity contribution in [1.82, 2.24) is 4.90 Å². The molecule has 0 aliphatic carbocycles. The van der Waals surface area contributed by atoms with Crippen molar-refractivity contribution >= 4 is 23.2 Å². The molecule has 1 aliphatic heterocycles. The summed E-state index contributed by atoms with van der Waals surface area (Å²) in [6.07, 6.45) is 1.59. The van der Waals surface area contributed by atoms with Crippen LogP contribution in [-0.2, 0) is 11.3 Å². The van der Waals surface area contributed by atoms with Crippen molar-refractivity contribution in [3.05, 3.63) is 58.9 Å². The summed E-state index contributed by atoms with van der Waals surface area (Å²) in [5, 5.41) is 2.84. The zero-order chi connectivity index (χ0) is 18.5. The number of piperidine rings is 1. The maximum Gasteiger partial charge on any atom is 0.227 e. The molecule has 1 heterocycles. The Balaban J connectivity index is 1.51. The molecule has 2 aromatic rings. The lowest BCUT2D eigenvalue weighted by molar-refractivity contribution is -0.121. The zero-order valence-electron chi connectivity index (χ0n) is 14.7. The highest BCUT2D eigenvalue weighted by Gasteiger charge is 2.25. The Kier molecular flexibility index (Phi) is 6.12. The van der Waals surface area contributed by atoms with Crippen molar-refractivity contribution in [3.63, 3.8) is 0 Å². The van der Waals surface area contributed by atoms with E-state index in [1.54, 1.807) is 7.11 Å². The minimum Gasteiger partial charge on any atom is -0.497 e. The lowest BCUT2D eigenvalue weighted by atomic mass is 9.95. The van der Waals surface area contributed by atoms with Gasteiger partial charge in [-0.2, -0.15) is 0 Å². The van der Waals surface area contributed by atoms with Gasteiger partial charge >= 0.3 is 0 Å². The Labute approximate surface area is 157 Å². The predicted octanol–water partition coefficient (Wildman–Crippen LogP) is 4.34. The van der Waals surface area contributed by atoms with Gasteiger partial charge in [0, 0.05) is 18.2 Å². The third kappa shape index (κ3) is 4.74. The summed E-state index contributed by atoms with van der Waals surface area (Å²) < 4.78 is 18.5. The monoisotopic (exact) mass is 376 g/mol. The summed E-state index contributed by atoms with van der Waals surface area (Å²) >= 11 is 5.76. The molecule has 0 spiro atoms. The van der Waals surface area contributed by atoms with Gasteiger partial charge in [0.25, 0.3) is 0 Å². The van der Waals surface area contributed by atoms with E-state index >= 15 is 0 Å². The molecule has 3 rings (SSSR count). The molecule has 1 N–H and O–H groups in total. The lowest BCUT2D eigenvalue weighted by Crippen LogP contribution is -2.37. The van der Waals surface area contributed by atoms with Crippen LogP contribution in [0, 0.1) is 11.7 Å². The number of anilines is 1. The van der Waals surface area contributed by atoms with Crippen LogP contribution in [0.3, 0.4) is 0 Å². The van der Waals surface area contributed by atoms with E-state index in [0.29, 0.717) is 5.69 Å².